The number of aromatic carboxylic acids is 1. The molecule has 0 amide bonds. The molecule has 0 radical (unpaired) electrons. The first-order chi connectivity index (χ1) is 7.59. The van der Waals surface area contributed by atoms with Crippen LogP contribution in [0.3, 0.4) is 0 Å². The molecule has 0 aliphatic rings. The van der Waals surface area contributed by atoms with Gasteiger partial charge in [-0.15, -0.1) is 5.10 Å². The lowest BCUT2D eigenvalue weighted by atomic mass is 10.1. The Bertz CT molecular complexity index is 551. The number of benzene rings is 1. The number of rotatable bonds is 2. The van der Waals surface area contributed by atoms with Gasteiger partial charge in [0.2, 0.25) is 0 Å². The van der Waals surface area contributed by atoms with Crippen molar-refractivity contribution in [3.05, 3.63) is 35.8 Å². The molecule has 2 rings (SSSR count). The van der Waals surface area contributed by atoms with Crippen molar-refractivity contribution < 1.29 is 14.3 Å². The van der Waals surface area contributed by atoms with E-state index < -0.39 is 11.8 Å². The molecule has 1 N–H and O–H groups in total. The summed E-state index contributed by atoms with van der Waals surface area (Å²) in [5, 5.41) is 16.1. The van der Waals surface area contributed by atoms with E-state index >= 15 is 0 Å². The highest BCUT2D eigenvalue weighted by atomic mass is 19.1. The van der Waals surface area contributed by atoms with Crippen LogP contribution in [0.15, 0.2) is 24.4 Å². The van der Waals surface area contributed by atoms with Gasteiger partial charge < -0.3 is 5.11 Å². The van der Waals surface area contributed by atoms with Gasteiger partial charge in [-0.1, -0.05) is 5.21 Å². The van der Waals surface area contributed by atoms with E-state index in [1.165, 1.54) is 23.0 Å². The minimum atomic E-state index is -1.10. The van der Waals surface area contributed by atoms with Crippen molar-refractivity contribution in [1.29, 1.82) is 0 Å². The van der Waals surface area contributed by atoms with Crippen LogP contribution in [0.5, 0.6) is 0 Å². The minimum Gasteiger partial charge on any atom is -0.478 e. The summed E-state index contributed by atoms with van der Waals surface area (Å²) < 4.78 is 14.9. The summed E-state index contributed by atoms with van der Waals surface area (Å²) in [6.45, 7) is 0. The monoisotopic (exact) mass is 221 g/mol. The molecule has 82 valence electrons. The van der Waals surface area contributed by atoms with Gasteiger partial charge in [-0.25, -0.2) is 13.9 Å². The average Bonchev–Trinajstić information content (AvgIpc) is 2.65. The highest BCUT2D eigenvalue weighted by Crippen LogP contribution is 2.22. The third-order valence-corrected chi connectivity index (χ3v) is 2.20. The van der Waals surface area contributed by atoms with Crippen LogP contribution in [0, 0.1) is 5.82 Å². The van der Waals surface area contributed by atoms with Gasteiger partial charge in [-0.3, -0.25) is 0 Å². The number of nitrogens with zero attached hydrogens (tertiary/aromatic N) is 3. The quantitative estimate of drug-likeness (QED) is 0.830. The molecule has 1 aromatic heterocycles. The summed E-state index contributed by atoms with van der Waals surface area (Å²) in [5.41, 5.74) is 0.630. The number of carbonyl (C=O) groups is 1. The Morgan fingerprint density at radius 2 is 2.25 bits per heavy atom. The Labute approximate surface area is 90.1 Å². The largest absolute Gasteiger partial charge is 0.478 e. The number of hydrogen-bond acceptors (Lipinski definition) is 3. The van der Waals surface area contributed by atoms with Crippen molar-refractivity contribution in [2.24, 2.45) is 7.05 Å². The number of hydrogen-bond donors (Lipinski definition) is 1. The lowest BCUT2D eigenvalue weighted by Gasteiger charge is -2.03. The van der Waals surface area contributed by atoms with Crippen molar-refractivity contribution in [2.45, 2.75) is 0 Å². The molecule has 0 bridgehead atoms. The predicted molar refractivity (Wildman–Crippen MR) is 53.4 cm³/mol. The molecule has 2 aromatic rings. The average molecular weight is 221 g/mol. The van der Waals surface area contributed by atoms with Crippen LogP contribution < -0.4 is 0 Å². The fourth-order valence-corrected chi connectivity index (χ4v) is 1.39. The van der Waals surface area contributed by atoms with E-state index in [2.05, 4.69) is 10.3 Å². The molecule has 0 saturated carbocycles. The second-order valence-electron chi connectivity index (χ2n) is 3.24. The van der Waals surface area contributed by atoms with E-state index in [0.717, 1.165) is 6.07 Å². The van der Waals surface area contributed by atoms with Gasteiger partial charge in [0.1, 0.15) is 5.82 Å². The summed E-state index contributed by atoms with van der Waals surface area (Å²) in [6, 6.07) is 3.59. The maximum absolute atomic E-state index is 13.5. The van der Waals surface area contributed by atoms with E-state index in [-0.39, 0.29) is 11.1 Å². The molecule has 1 aromatic carbocycles. The van der Waals surface area contributed by atoms with Crippen molar-refractivity contribution in [3.8, 4) is 11.3 Å². The first kappa shape index (κ1) is 10.3. The molecule has 6 heteroatoms. The molecule has 1 heterocycles. The van der Waals surface area contributed by atoms with E-state index in [9.17, 15) is 9.18 Å². The Morgan fingerprint density at radius 1 is 1.50 bits per heavy atom. The lowest BCUT2D eigenvalue weighted by Crippen LogP contribution is -2.00. The maximum Gasteiger partial charge on any atom is 0.335 e. The maximum atomic E-state index is 13.5. The van der Waals surface area contributed by atoms with Crippen LogP contribution in [0.1, 0.15) is 10.4 Å². The van der Waals surface area contributed by atoms with Crippen LogP contribution in [-0.2, 0) is 7.05 Å². The van der Waals surface area contributed by atoms with Gasteiger partial charge in [-0.2, -0.15) is 0 Å². The molecule has 0 fully saturated rings. The van der Waals surface area contributed by atoms with Crippen molar-refractivity contribution in [1.82, 2.24) is 15.0 Å². The molecule has 0 aliphatic carbocycles. The topological polar surface area (TPSA) is 68.0 Å². The van der Waals surface area contributed by atoms with Crippen molar-refractivity contribution in [2.75, 3.05) is 0 Å². The molecule has 0 atom stereocenters. The Morgan fingerprint density at radius 3 is 2.81 bits per heavy atom. The van der Waals surface area contributed by atoms with Crippen LogP contribution in [0.2, 0.25) is 0 Å². The summed E-state index contributed by atoms with van der Waals surface area (Å²) in [5.74, 6) is -1.60. The van der Waals surface area contributed by atoms with Crippen LogP contribution in [-0.4, -0.2) is 26.1 Å². The van der Waals surface area contributed by atoms with Gasteiger partial charge >= 0.3 is 5.97 Å². The number of aromatic nitrogens is 3. The zero-order valence-electron chi connectivity index (χ0n) is 8.38. The second kappa shape index (κ2) is 3.73. The molecule has 16 heavy (non-hydrogen) atoms. The first-order valence-electron chi connectivity index (χ1n) is 4.47. The van der Waals surface area contributed by atoms with Crippen LogP contribution >= 0.6 is 0 Å². The van der Waals surface area contributed by atoms with Gasteiger partial charge in [0, 0.05) is 12.6 Å². The third kappa shape index (κ3) is 1.65. The molecular formula is C10H8FN3O2. The second-order valence-corrected chi connectivity index (χ2v) is 3.24. The summed E-state index contributed by atoms with van der Waals surface area (Å²) >= 11 is 0. The number of carboxylic acid groups (broad SMARTS) is 1. The predicted octanol–water partition coefficient (Wildman–Crippen LogP) is 1.32. The van der Waals surface area contributed by atoms with E-state index in [1.54, 1.807) is 7.05 Å². The fraction of sp³-hybridized carbons (Fsp3) is 0.100. The normalized spacial score (nSPS) is 10.4. The molecular weight excluding hydrogens is 213 g/mol. The zero-order chi connectivity index (χ0) is 11.7. The van der Waals surface area contributed by atoms with Crippen molar-refractivity contribution in [3.63, 3.8) is 0 Å². The highest BCUT2D eigenvalue weighted by molar-refractivity contribution is 5.89. The molecule has 0 spiro atoms. The van der Waals surface area contributed by atoms with Gasteiger partial charge in [0.25, 0.3) is 0 Å². The first-order valence-corrected chi connectivity index (χ1v) is 4.47. The Balaban J connectivity index is 2.60. The smallest absolute Gasteiger partial charge is 0.335 e. The lowest BCUT2D eigenvalue weighted by molar-refractivity contribution is 0.0697. The number of halogens is 1. The Hall–Kier alpha value is -2.24. The fourth-order valence-electron chi connectivity index (χ4n) is 1.39. The highest BCUT2D eigenvalue weighted by Gasteiger charge is 2.12. The summed E-state index contributed by atoms with van der Waals surface area (Å²) in [4.78, 5) is 10.8. The van der Waals surface area contributed by atoms with Gasteiger partial charge in [0.05, 0.1) is 17.5 Å². The number of carboxylic acids is 1. The van der Waals surface area contributed by atoms with Gasteiger partial charge in [-0.05, 0) is 18.2 Å². The SMILES string of the molecule is Cn1nncc1-c1cc(C(=O)O)ccc1F. The van der Waals surface area contributed by atoms with E-state index in [0.29, 0.717) is 5.69 Å². The van der Waals surface area contributed by atoms with Crippen LogP contribution in [0.25, 0.3) is 11.3 Å². The zero-order valence-corrected chi connectivity index (χ0v) is 8.38. The Kier molecular flexibility index (Phi) is 2.40. The molecule has 0 saturated heterocycles. The third-order valence-electron chi connectivity index (χ3n) is 2.20. The van der Waals surface area contributed by atoms with E-state index in [1.807, 2.05) is 0 Å². The summed E-state index contributed by atoms with van der Waals surface area (Å²) in [6.07, 6.45) is 1.38. The molecule has 5 nitrogen and oxygen atoms in total. The van der Waals surface area contributed by atoms with E-state index in [4.69, 9.17) is 5.11 Å². The standard InChI is InChI=1S/C10H8FN3O2/c1-14-9(5-12-13-14)7-4-6(10(15)16)2-3-8(7)11/h2-5H,1H3,(H,15,16). The summed E-state index contributed by atoms with van der Waals surface area (Å²) in [7, 11) is 1.61. The minimum absolute atomic E-state index is 0.0256. The van der Waals surface area contributed by atoms with Crippen LogP contribution in [0.4, 0.5) is 4.39 Å². The molecule has 0 aliphatic heterocycles. The molecule has 0 unspecified atom stereocenters. The number of aryl methyl sites for hydroxylation is 1. The van der Waals surface area contributed by atoms with Crippen molar-refractivity contribution >= 4 is 5.97 Å². The van der Waals surface area contributed by atoms with Gasteiger partial charge in [0.15, 0.2) is 0 Å².